The quantitative estimate of drug-likeness (QED) is 0.892. The monoisotopic (exact) mass is 284 g/mol. The number of hydrogen-bond donors (Lipinski definition) is 2. The minimum absolute atomic E-state index is 0.101. The lowest BCUT2D eigenvalue weighted by molar-refractivity contribution is 0.0699. The molecule has 2 aromatic rings. The van der Waals surface area contributed by atoms with E-state index in [2.05, 4.69) is 17.2 Å². The second-order valence-electron chi connectivity index (χ2n) is 6.12. The van der Waals surface area contributed by atoms with Gasteiger partial charge >= 0.3 is 5.97 Å². The lowest BCUT2D eigenvalue weighted by Crippen LogP contribution is -2.37. The molecule has 1 aliphatic carbocycles. The molecule has 0 radical (unpaired) electrons. The highest BCUT2D eigenvalue weighted by atomic mass is 16.4. The van der Waals surface area contributed by atoms with Gasteiger partial charge in [-0.1, -0.05) is 25.3 Å². The van der Waals surface area contributed by atoms with Crippen molar-refractivity contribution >= 4 is 22.7 Å². The Hall–Kier alpha value is -2.10. The summed E-state index contributed by atoms with van der Waals surface area (Å²) in [5.41, 5.74) is 1.12. The van der Waals surface area contributed by atoms with Crippen LogP contribution in [0.3, 0.4) is 0 Å². The van der Waals surface area contributed by atoms with Gasteiger partial charge in [-0.15, -0.1) is 0 Å². The van der Waals surface area contributed by atoms with Crippen molar-refractivity contribution in [2.75, 3.05) is 5.32 Å². The molecule has 0 saturated heterocycles. The fourth-order valence-corrected chi connectivity index (χ4v) is 3.18. The van der Waals surface area contributed by atoms with Crippen molar-refractivity contribution in [3.63, 3.8) is 0 Å². The molecule has 1 fully saturated rings. The van der Waals surface area contributed by atoms with Gasteiger partial charge in [-0.05, 0) is 44.0 Å². The molecule has 0 bridgehead atoms. The van der Waals surface area contributed by atoms with Crippen molar-refractivity contribution in [1.82, 2.24) is 4.98 Å². The maximum Gasteiger partial charge on any atom is 0.336 e. The minimum atomic E-state index is -0.914. The number of anilines is 1. The summed E-state index contributed by atoms with van der Waals surface area (Å²) in [6.45, 7) is 2.24. The topological polar surface area (TPSA) is 62.2 Å². The summed E-state index contributed by atoms with van der Waals surface area (Å²) in [7, 11) is 0. The molecule has 0 atom stereocenters. The van der Waals surface area contributed by atoms with Crippen molar-refractivity contribution in [2.45, 2.75) is 44.6 Å². The summed E-state index contributed by atoms with van der Waals surface area (Å²) in [5.74, 6) is -0.0863. The molecule has 4 nitrogen and oxygen atoms in total. The molecule has 1 aromatic carbocycles. The Labute approximate surface area is 124 Å². The van der Waals surface area contributed by atoms with Gasteiger partial charge in [0.15, 0.2) is 0 Å². The van der Waals surface area contributed by atoms with Gasteiger partial charge in [-0.25, -0.2) is 9.78 Å². The van der Waals surface area contributed by atoms with Gasteiger partial charge in [0.25, 0.3) is 0 Å². The molecule has 0 aliphatic heterocycles. The van der Waals surface area contributed by atoms with Crippen LogP contribution >= 0.6 is 0 Å². The van der Waals surface area contributed by atoms with Crippen LogP contribution in [-0.4, -0.2) is 21.6 Å². The van der Waals surface area contributed by atoms with E-state index in [9.17, 15) is 9.90 Å². The molecule has 1 saturated carbocycles. The summed E-state index contributed by atoms with van der Waals surface area (Å²) in [6.07, 6.45) is 6.12. The molecule has 3 rings (SSSR count). The van der Waals surface area contributed by atoms with Gasteiger partial charge < -0.3 is 10.4 Å². The molecule has 4 heteroatoms. The molecule has 0 amide bonds. The first-order chi connectivity index (χ1) is 10.1. The van der Waals surface area contributed by atoms with Crippen molar-refractivity contribution in [1.29, 1.82) is 0 Å². The summed E-state index contributed by atoms with van der Waals surface area (Å²) < 4.78 is 0. The summed E-state index contributed by atoms with van der Waals surface area (Å²) in [6, 6.07) is 8.94. The zero-order valence-corrected chi connectivity index (χ0v) is 12.2. The van der Waals surface area contributed by atoms with Crippen LogP contribution in [0.2, 0.25) is 0 Å². The first-order valence-electron chi connectivity index (χ1n) is 7.49. The van der Waals surface area contributed by atoms with Gasteiger partial charge in [0.2, 0.25) is 0 Å². The van der Waals surface area contributed by atoms with E-state index in [0.29, 0.717) is 10.9 Å². The molecule has 1 aromatic heterocycles. The zero-order chi connectivity index (χ0) is 14.9. The van der Waals surface area contributed by atoms with Crippen LogP contribution in [0, 0.1) is 0 Å². The Morgan fingerprint density at radius 3 is 2.67 bits per heavy atom. The predicted molar refractivity (Wildman–Crippen MR) is 83.8 cm³/mol. The fourth-order valence-electron chi connectivity index (χ4n) is 3.18. The van der Waals surface area contributed by atoms with Crippen LogP contribution in [0.5, 0.6) is 0 Å². The first kappa shape index (κ1) is 13.9. The van der Waals surface area contributed by atoms with E-state index < -0.39 is 5.97 Å². The Morgan fingerprint density at radius 1 is 1.19 bits per heavy atom. The lowest BCUT2D eigenvalue weighted by atomic mass is 9.83. The fraction of sp³-hybridized carbons (Fsp3) is 0.412. The van der Waals surface area contributed by atoms with Gasteiger partial charge in [0, 0.05) is 10.9 Å². The number of nitrogens with one attached hydrogen (secondary N) is 1. The van der Waals surface area contributed by atoms with Crippen LogP contribution in [0.1, 0.15) is 49.4 Å². The van der Waals surface area contributed by atoms with Crippen LogP contribution in [0.4, 0.5) is 5.82 Å². The SMILES string of the molecule is CC1(Nc2ccc3c(C(=O)O)cccc3n2)CCCCC1. The molecule has 1 heterocycles. The molecular weight excluding hydrogens is 264 g/mol. The number of rotatable bonds is 3. The van der Waals surface area contributed by atoms with Gasteiger partial charge in [0.1, 0.15) is 5.82 Å². The average Bonchev–Trinajstić information content (AvgIpc) is 2.46. The lowest BCUT2D eigenvalue weighted by Gasteiger charge is -2.35. The Bertz CT molecular complexity index is 676. The molecule has 0 unspecified atom stereocenters. The smallest absolute Gasteiger partial charge is 0.336 e. The standard InChI is InChI=1S/C17H20N2O2/c1-17(10-3-2-4-11-17)19-15-9-8-12-13(16(20)21)6-5-7-14(12)18-15/h5-9H,2-4,10-11H2,1H3,(H,18,19)(H,20,21). The zero-order valence-electron chi connectivity index (χ0n) is 12.2. The molecule has 1 aliphatic rings. The van der Waals surface area contributed by atoms with Gasteiger partial charge in [-0.3, -0.25) is 0 Å². The molecule has 110 valence electrons. The predicted octanol–water partition coefficient (Wildman–Crippen LogP) is 4.07. The van der Waals surface area contributed by atoms with Gasteiger partial charge in [-0.2, -0.15) is 0 Å². The minimum Gasteiger partial charge on any atom is -0.478 e. The highest BCUT2D eigenvalue weighted by Crippen LogP contribution is 2.31. The van der Waals surface area contributed by atoms with E-state index in [1.165, 1.54) is 19.3 Å². The summed E-state index contributed by atoms with van der Waals surface area (Å²) in [5, 5.41) is 13.4. The van der Waals surface area contributed by atoms with E-state index in [1.807, 2.05) is 18.2 Å². The number of carboxylic acid groups (broad SMARTS) is 1. The van der Waals surface area contributed by atoms with E-state index in [4.69, 9.17) is 0 Å². The van der Waals surface area contributed by atoms with E-state index in [1.54, 1.807) is 12.1 Å². The van der Waals surface area contributed by atoms with E-state index in [-0.39, 0.29) is 5.54 Å². The second kappa shape index (κ2) is 5.35. The summed E-state index contributed by atoms with van der Waals surface area (Å²) >= 11 is 0. The molecule has 21 heavy (non-hydrogen) atoms. The number of fused-ring (bicyclic) bond motifs is 1. The third-order valence-corrected chi connectivity index (χ3v) is 4.35. The Kier molecular flexibility index (Phi) is 3.53. The third-order valence-electron chi connectivity index (χ3n) is 4.35. The maximum absolute atomic E-state index is 11.2. The Morgan fingerprint density at radius 2 is 1.95 bits per heavy atom. The number of aromatic carboxylic acids is 1. The normalized spacial score (nSPS) is 17.6. The number of aromatic nitrogens is 1. The largest absolute Gasteiger partial charge is 0.478 e. The highest BCUT2D eigenvalue weighted by molar-refractivity contribution is 6.02. The molecule has 2 N–H and O–H groups in total. The number of nitrogens with zero attached hydrogens (tertiary/aromatic N) is 1. The summed E-state index contributed by atoms with van der Waals surface area (Å²) in [4.78, 5) is 15.8. The molecule has 0 spiro atoms. The van der Waals surface area contributed by atoms with Crippen molar-refractivity contribution in [3.05, 3.63) is 35.9 Å². The average molecular weight is 284 g/mol. The van der Waals surface area contributed by atoms with Crippen molar-refractivity contribution in [2.24, 2.45) is 0 Å². The first-order valence-corrected chi connectivity index (χ1v) is 7.49. The van der Waals surface area contributed by atoms with E-state index in [0.717, 1.165) is 24.2 Å². The highest BCUT2D eigenvalue weighted by Gasteiger charge is 2.26. The molecular formula is C17H20N2O2. The number of benzene rings is 1. The van der Waals surface area contributed by atoms with Crippen LogP contribution in [0.25, 0.3) is 10.9 Å². The van der Waals surface area contributed by atoms with E-state index >= 15 is 0 Å². The number of pyridine rings is 1. The third kappa shape index (κ3) is 2.84. The maximum atomic E-state index is 11.2. The number of carboxylic acids is 1. The van der Waals surface area contributed by atoms with Crippen LogP contribution in [0.15, 0.2) is 30.3 Å². The number of carbonyl (C=O) groups is 1. The second-order valence-corrected chi connectivity index (χ2v) is 6.12. The van der Waals surface area contributed by atoms with Gasteiger partial charge in [0.05, 0.1) is 11.1 Å². The van der Waals surface area contributed by atoms with Crippen molar-refractivity contribution < 1.29 is 9.90 Å². The van der Waals surface area contributed by atoms with Crippen LogP contribution in [-0.2, 0) is 0 Å². The Balaban J connectivity index is 1.93. The number of hydrogen-bond acceptors (Lipinski definition) is 3. The van der Waals surface area contributed by atoms with Crippen molar-refractivity contribution in [3.8, 4) is 0 Å². The van der Waals surface area contributed by atoms with Crippen LogP contribution < -0.4 is 5.32 Å².